The smallest absolute Gasteiger partial charge is 0.234 e. The minimum atomic E-state index is -0.0926. The van der Waals surface area contributed by atoms with E-state index < -0.39 is 0 Å². The van der Waals surface area contributed by atoms with Gasteiger partial charge in [0.15, 0.2) is 5.65 Å². The largest absolute Gasteiger partial charge is 0.325 e. The monoisotopic (exact) mass is 453 g/mol. The summed E-state index contributed by atoms with van der Waals surface area (Å²) < 4.78 is 2.75. The molecule has 0 aliphatic rings. The Bertz CT molecular complexity index is 1130. The van der Waals surface area contributed by atoms with Crippen molar-refractivity contribution in [1.82, 2.24) is 19.7 Å². The van der Waals surface area contributed by atoms with Gasteiger partial charge in [0.05, 0.1) is 23.0 Å². The van der Waals surface area contributed by atoms with Crippen LogP contribution in [0.2, 0.25) is 0 Å². The van der Waals surface area contributed by atoms with Crippen LogP contribution < -0.4 is 5.32 Å². The van der Waals surface area contributed by atoms with Crippen LogP contribution in [-0.4, -0.2) is 31.4 Å². The van der Waals surface area contributed by atoms with Gasteiger partial charge in [-0.1, -0.05) is 45.4 Å². The predicted octanol–water partition coefficient (Wildman–Crippen LogP) is 4.62. The van der Waals surface area contributed by atoms with Gasteiger partial charge < -0.3 is 5.32 Å². The van der Waals surface area contributed by atoms with E-state index in [1.807, 2.05) is 55.5 Å². The SMILES string of the molecule is Cc1ccc(-n2ncc3c(SCC(=O)Nc4ccc(Br)cc4)ncnc32)cc1. The second-order valence-corrected chi connectivity index (χ2v) is 8.03. The number of hydrogen-bond acceptors (Lipinski definition) is 5. The summed E-state index contributed by atoms with van der Waals surface area (Å²) in [6.07, 6.45) is 3.24. The van der Waals surface area contributed by atoms with Crippen LogP contribution >= 0.6 is 27.7 Å². The topological polar surface area (TPSA) is 72.7 Å². The van der Waals surface area contributed by atoms with E-state index in [0.717, 1.165) is 31.9 Å². The van der Waals surface area contributed by atoms with Gasteiger partial charge in [0.1, 0.15) is 11.4 Å². The number of carbonyl (C=O) groups is 1. The van der Waals surface area contributed by atoms with Crippen LogP contribution in [0, 0.1) is 6.92 Å². The van der Waals surface area contributed by atoms with E-state index >= 15 is 0 Å². The molecule has 0 spiro atoms. The maximum absolute atomic E-state index is 12.3. The summed E-state index contributed by atoms with van der Waals surface area (Å²) >= 11 is 4.74. The number of carbonyl (C=O) groups excluding carboxylic acids is 1. The van der Waals surface area contributed by atoms with Gasteiger partial charge in [0.25, 0.3) is 0 Å². The average Bonchev–Trinajstić information content (AvgIpc) is 3.13. The molecule has 4 rings (SSSR count). The maximum Gasteiger partial charge on any atom is 0.234 e. The van der Waals surface area contributed by atoms with Crippen LogP contribution in [0.1, 0.15) is 5.56 Å². The van der Waals surface area contributed by atoms with Gasteiger partial charge in [-0.3, -0.25) is 4.79 Å². The Hall–Kier alpha value is -2.71. The molecule has 0 unspecified atom stereocenters. The van der Waals surface area contributed by atoms with Gasteiger partial charge in [-0.05, 0) is 43.3 Å². The normalized spacial score (nSPS) is 10.9. The molecule has 4 aromatic rings. The van der Waals surface area contributed by atoms with Crippen molar-refractivity contribution in [3.05, 3.63) is 71.1 Å². The molecule has 0 fully saturated rings. The third-order valence-electron chi connectivity index (χ3n) is 4.08. The van der Waals surface area contributed by atoms with Gasteiger partial charge in [0, 0.05) is 10.2 Å². The van der Waals surface area contributed by atoms with Crippen LogP contribution in [0.15, 0.2) is 70.6 Å². The van der Waals surface area contributed by atoms with Crippen LogP contribution in [0.4, 0.5) is 5.69 Å². The number of anilines is 1. The number of aryl methyl sites for hydroxylation is 1. The van der Waals surface area contributed by atoms with Gasteiger partial charge in [-0.25, -0.2) is 14.6 Å². The molecule has 2 aromatic carbocycles. The molecular formula is C20H16BrN5OS. The highest BCUT2D eigenvalue weighted by atomic mass is 79.9. The summed E-state index contributed by atoms with van der Waals surface area (Å²) in [5, 5.41) is 8.89. The van der Waals surface area contributed by atoms with Crippen LogP contribution in [0.5, 0.6) is 0 Å². The zero-order chi connectivity index (χ0) is 19.5. The average molecular weight is 454 g/mol. The molecule has 0 atom stereocenters. The molecule has 2 heterocycles. The lowest BCUT2D eigenvalue weighted by molar-refractivity contribution is -0.113. The van der Waals surface area contributed by atoms with E-state index in [2.05, 4.69) is 36.3 Å². The van der Waals surface area contributed by atoms with E-state index in [1.165, 1.54) is 23.7 Å². The minimum absolute atomic E-state index is 0.0926. The summed E-state index contributed by atoms with van der Waals surface area (Å²) in [7, 11) is 0. The number of benzene rings is 2. The Kier molecular flexibility index (Phi) is 5.40. The number of aromatic nitrogens is 4. The van der Waals surface area contributed by atoms with Gasteiger partial charge >= 0.3 is 0 Å². The summed E-state index contributed by atoms with van der Waals surface area (Å²) in [5.74, 6) is 0.155. The molecule has 0 saturated heterocycles. The first kappa shape index (κ1) is 18.6. The Labute approximate surface area is 174 Å². The maximum atomic E-state index is 12.3. The number of rotatable bonds is 5. The number of nitrogens with one attached hydrogen (secondary N) is 1. The molecule has 2 aromatic heterocycles. The molecule has 0 bridgehead atoms. The van der Waals surface area contributed by atoms with Crippen LogP contribution in [0.3, 0.4) is 0 Å². The number of amides is 1. The molecule has 28 heavy (non-hydrogen) atoms. The Morgan fingerprint density at radius 2 is 1.86 bits per heavy atom. The second-order valence-electron chi connectivity index (χ2n) is 6.15. The molecule has 8 heteroatoms. The minimum Gasteiger partial charge on any atom is -0.325 e. The second kappa shape index (κ2) is 8.12. The van der Waals surface area contributed by atoms with Crippen molar-refractivity contribution in [2.24, 2.45) is 0 Å². The summed E-state index contributed by atoms with van der Waals surface area (Å²) in [6.45, 7) is 2.04. The Morgan fingerprint density at radius 1 is 1.11 bits per heavy atom. The molecule has 6 nitrogen and oxygen atoms in total. The summed E-state index contributed by atoms with van der Waals surface area (Å²) in [4.78, 5) is 21.0. The lowest BCUT2D eigenvalue weighted by atomic mass is 10.2. The first-order valence-corrected chi connectivity index (χ1v) is 10.3. The molecule has 0 radical (unpaired) electrons. The zero-order valence-corrected chi connectivity index (χ0v) is 17.4. The molecule has 0 aliphatic heterocycles. The van der Waals surface area contributed by atoms with E-state index in [4.69, 9.17) is 0 Å². The van der Waals surface area contributed by atoms with E-state index in [1.54, 1.807) is 10.9 Å². The van der Waals surface area contributed by atoms with Gasteiger partial charge in [-0.2, -0.15) is 5.10 Å². The number of halogens is 1. The van der Waals surface area contributed by atoms with Crippen LogP contribution in [-0.2, 0) is 4.79 Å². The van der Waals surface area contributed by atoms with Crippen molar-refractivity contribution in [2.75, 3.05) is 11.1 Å². The fourth-order valence-corrected chi connectivity index (χ4v) is 3.70. The van der Waals surface area contributed by atoms with Crippen molar-refractivity contribution in [3.63, 3.8) is 0 Å². The molecule has 1 amide bonds. The standard InChI is InChI=1S/C20H16BrN5OS/c1-13-2-8-16(9-3-13)26-19-17(10-24-26)20(23-12-22-19)28-11-18(27)25-15-6-4-14(21)5-7-15/h2-10,12H,11H2,1H3,(H,25,27). The fraction of sp³-hybridized carbons (Fsp3) is 0.100. The van der Waals surface area contributed by atoms with Crippen molar-refractivity contribution < 1.29 is 4.79 Å². The van der Waals surface area contributed by atoms with Crippen molar-refractivity contribution in [1.29, 1.82) is 0 Å². The number of hydrogen-bond donors (Lipinski definition) is 1. The highest BCUT2D eigenvalue weighted by Gasteiger charge is 2.13. The van der Waals surface area contributed by atoms with E-state index in [9.17, 15) is 4.79 Å². The van der Waals surface area contributed by atoms with Crippen molar-refractivity contribution in [2.45, 2.75) is 11.9 Å². The number of fused-ring (bicyclic) bond motifs is 1. The summed E-state index contributed by atoms with van der Waals surface area (Å²) in [6, 6.07) is 15.5. The third kappa shape index (κ3) is 4.07. The van der Waals surface area contributed by atoms with Gasteiger partial charge in [-0.15, -0.1) is 0 Å². The Morgan fingerprint density at radius 3 is 2.61 bits per heavy atom. The highest BCUT2D eigenvalue weighted by molar-refractivity contribution is 9.10. The van der Waals surface area contributed by atoms with Gasteiger partial charge in [0.2, 0.25) is 5.91 Å². The zero-order valence-electron chi connectivity index (χ0n) is 15.0. The molecule has 0 aliphatic carbocycles. The number of thioether (sulfide) groups is 1. The third-order valence-corrected chi connectivity index (χ3v) is 5.61. The molecular weight excluding hydrogens is 438 g/mol. The summed E-state index contributed by atoms with van der Waals surface area (Å²) in [5.41, 5.74) is 3.59. The molecule has 0 saturated carbocycles. The first-order valence-electron chi connectivity index (χ1n) is 8.54. The Balaban J connectivity index is 1.50. The van der Waals surface area contributed by atoms with E-state index in [-0.39, 0.29) is 11.7 Å². The van der Waals surface area contributed by atoms with E-state index in [0.29, 0.717) is 0 Å². The predicted molar refractivity (Wildman–Crippen MR) is 115 cm³/mol. The lowest BCUT2D eigenvalue weighted by Gasteiger charge is -2.06. The van der Waals surface area contributed by atoms with Crippen LogP contribution in [0.25, 0.3) is 16.7 Å². The number of nitrogens with zero attached hydrogens (tertiary/aromatic N) is 4. The molecule has 140 valence electrons. The quantitative estimate of drug-likeness (QED) is 0.352. The molecule has 1 N–H and O–H groups in total. The van der Waals surface area contributed by atoms with Crippen molar-refractivity contribution in [3.8, 4) is 5.69 Å². The highest BCUT2D eigenvalue weighted by Crippen LogP contribution is 2.26. The van der Waals surface area contributed by atoms with Crippen molar-refractivity contribution >= 4 is 50.3 Å². The fourth-order valence-electron chi connectivity index (χ4n) is 2.68. The lowest BCUT2D eigenvalue weighted by Crippen LogP contribution is -2.14. The first-order chi connectivity index (χ1) is 13.6.